The number of imidazole rings is 1. The van der Waals surface area contributed by atoms with E-state index in [0.29, 0.717) is 5.92 Å². The summed E-state index contributed by atoms with van der Waals surface area (Å²) in [6, 6.07) is 14.7. The van der Waals surface area contributed by atoms with E-state index in [2.05, 4.69) is 70.2 Å². The van der Waals surface area contributed by atoms with Crippen molar-refractivity contribution in [1.82, 2.24) is 19.9 Å². The van der Waals surface area contributed by atoms with Crippen molar-refractivity contribution in [2.45, 2.75) is 25.7 Å². The average molecular weight is 328 g/mol. The molecule has 3 aromatic heterocycles. The highest BCUT2D eigenvalue weighted by atomic mass is 14.9. The highest BCUT2D eigenvalue weighted by Crippen LogP contribution is 2.35. The van der Waals surface area contributed by atoms with Gasteiger partial charge in [0.25, 0.3) is 0 Å². The predicted molar refractivity (Wildman–Crippen MR) is 99.6 cm³/mol. The molecule has 0 amide bonds. The summed E-state index contributed by atoms with van der Waals surface area (Å²) < 4.78 is 0. The molecule has 0 aliphatic heterocycles. The monoisotopic (exact) mass is 328 g/mol. The van der Waals surface area contributed by atoms with E-state index < -0.39 is 0 Å². The van der Waals surface area contributed by atoms with E-state index in [1.165, 1.54) is 11.1 Å². The average Bonchev–Trinajstić information content (AvgIpc) is 3.17. The molecule has 1 unspecified atom stereocenters. The summed E-state index contributed by atoms with van der Waals surface area (Å²) in [4.78, 5) is 16.6. The molecule has 4 rings (SSSR count). The lowest BCUT2D eigenvalue weighted by molar-refractivity contribution is 0.812. The quantitative estimate of drug-likeness (QED) is 0.593. The Bertz CT molecular complexity index is 984. The summed E-state index contributed by atoms with van der Waals surface area (Å²) in [6.07, 6.45) is 7.36. The number of benzene rings is 1. The number of aromatic nitrogens is 4. The van der Waals surface area contributed by atoms with Crippen LogP contribution in [0.2, 0.25) is 0 Å². The van der Waals surface area contributed by atoms with Gasteiger partial charge in [0.15, 0.2) is 0 Å². The Morgan fingerprint density at radius 3 is 2.68 bits per heavy atom. The Hall–Kier alpha value is -3.01. The highest BCUT2D eigenvalue weighted by molar-refractivity contribution is 5.83. The minimum absolute atomic E-state index is 0.0656. The second-order valence-electron chi connectivity index (χ2n) is 6.53. The van der Waals surface area contributed by atoms with Crippen LogP contribution in [-0.2, 0) is 0 Å². The number of hydrogen-bond donors (Lipinski definition) is 1. The molecule has 0 aliphatic carbocycles. The molecular weight excluding hydrogens is 308 g/mol. The van der Waals surface area contributed by atoms with Crippen molar-refractivity contribution in [1.29, 1.82) is 0 Å². The molecule has 0 fully saturated rings. The summed E-state index contributed by atoms with van der Waals surface area (Å²) in [6.45, 7) is 4.33. The number of fused-ring (bicyclic) bond motifs is 1. The van der Waals surface area contributed by atoms with Crippen LogP contribution in [0.4, 0.5) is 0 Å². The van der Waals surface area contributed by atoms with Gasteiger partial charge in [-0.2, -0.15) is 0 Å². The van der Waals surface area contributed by atoms with E-state index in [4.69, 9.17) is 0 Å². The minimum atomic E-state index is 0.0656. The number of nitrogens with zero attached hydrogens (tertiary/aromatic N) is 3. The Balaban J connectivity index is 1.95. The normalized spacial score (nSPS) is 12.6. The molecule has 1 aromatic carbocycles. The van der Waals surface area contributed by atoms with Gasteiger partial charge in [-0.3, -0.25) is 9.97 Å². The Morgan fingerprint density at radius 1 is 0.960 bits per heavy atom. The number of aromatic amines is 1. The summed E-state index contributed by atoms with van der Waals surface area (Å²) in [7, 11) is 0. The Morgan fingerprint density at radius 2 is 1.88 bits per heavy atom. The molecule has 1 N–H and O–H groups in total. The standard InChI is InChI=1S/C21H20N4/c1-14(2)19-11-15(8-10-24-19)21(20-12-22-13-25-20)17-5-3-7-18-16(17)6-4-9-23-18/h3-14,21H,1-2H3,(H,22,25). The maximum absolute atomic E-state index is 4.52. The highest BCUT2D eigenvalue weighted by Gasteiger charge is 2.21. The first-order chi connectivity index (χ1) is 12.2. The van der Waals surface area contributed by atoms with Crippen molar-refractivity contribution in [3.63, 3.8) is 0 Å². The largest absolute Gasteiger partial charge is 0.348 e. The van der Waals surface area contributed by atoms with E-state index in [-0.39, 0.29) is 5.92 Å². The second-order valence-corrected chi connectivity index (χ2v) is 6.53. The van der Waals surface area contributed by atoms with Crippen LogP contribution in [0, 0.1) is 0 Å². The van der Waals surface area contributed by atoms with Crippen molar-refractivity contribution in [2.24, 2.45) is 0 Å². The van der Waals surface area contributed by atoms with Crippen LogP contribution in [-0.4, -0.2) is 19.9 Å². The van der Waals surface area contributed by atoms with Crippen LogP contribution in [0.3, 0.4) is 0 Å². The first-order valence-corrected chi connectivity index (χ1v) is 8.52. The molecule has 25 heavy (non-hydrogen) atoms. The zero-order valence-corrected chi connectivity index (χ0v) is 14.3. The SMILES string of the molecule is CC(C)c1cc(C(c2cnc[nH]2)c2cccc3ncccc23)ccn1. The van der Waals surface area contributed by atoms with Gasteiger partial charge in [-0.05, 0) is 41.3 Å². The fourth-order valence-electron chi connectivity index (χ4n) is 3.29. The van der Waals surface area contributed by atoms with Crippen LogP contribution in [0.1, 0.15) is 48.2 Å². The molecular formula is C21H20N4. The fourth-order valence-corrected chi connectivity index (χ4v) is 3.29. The van der Waals surface area contributed by atoms with Gasteiger partial charge in [0.1, 0.15) is 0 Å². The van der Waals surface area contributed by atoms with Gasteiger partial charge in [-0.1, -0.05) is 32.0 Å². The number of hydrogen-bond acceptors (Lipinski definition) is 3. The third-order valence-corrected chi connectivity index (χ3v) is 4.55. The molecule has 3 heterocycles. The molecule has 1 atom stereocenters. The van der Waals surface area contributed by atoms with E-state index in [1.807, 2.05) is 24.7 Å². The third kappa shape index (κ3) is 2.91. The number of pyridine rings is 2. The van der Waals surface area contributed by atoms with E-state index >= 15 is 0 Å². The second kappa shape index (κ2) is 6.48. The first kappa shape index (κ1) is 15.5. The molecule has 4 heteroatoms. The molecule has 0 aliphatic rings. The van der Waals surface area contributed by atoms with Gasteiger partial charge in [-0.15, -0.1) is 0 Å². The molecule has 0 saturated carbocycles. The summed E-state index contributed by atoms with van der Waals surface area (Å²) >= 11 is 0. The Kier molecular flexibility index (Phi) is 4.02. The van der Waals surface area contributed by atoms with Gasteiger partial charge in [0, 0.05) is 35.4 Å². The van der Waals surface area contributed by atoms with Crippen molar-refractivity contribution >= 4 is 10.9 Å². The zero-order chi connectivity index (χ0) is 17.2. The maximum Gasteiger partial charge on any atom is 0.0922 e. The van der Waals surface area contributed by atoms with Gasteiger partial charge in [0.05, 0.1) is 17.8 Å². The fraction of sp³-hybridized carbons (Fsp3) is 0.190. The summed E-state index contributed by atoms with van der Waals surface area (Å²) in [5.74, 6) is 0.451. The molecule has 0 radical (unpaired) electrons. The smallest absolute Gasteiger partial charge is 0.0922 e. The number of H-pyrrole nitrogens is 1. The van der Waals surface area contributed by atoms with E-state index in [9.17, 15) is 0 Å². The van der Waals surface area contributed by atoms with Gasteiger partial charge < -0.3 is 4.98 Å². The molecule has 4 aromatic rings. The lowest BCUT2D eigenvalue weighted by Crippen LogP contribution is -2.06. The lowest BCUT2D eigenvalue weighted by Gasteiger charge is -2.19. The minimum Gasteiger partial charge on any atom is -0.348 e. The van der Waals surface area contributed by atoms with Crippen LogP contribution < -0.4 is 0 Å². The maximum atomic E-state index is 4.52. The van der Waals surface area contributed by atoms with Crippen LogP contribution in [0.5, 0.6) is 0 Å². The van der Waals surface area contributed by atoms with Crippen molar-refractivity contribution in [3.8, 4) is 0 Å². The predicted octanol–water partition coefficient (Wildman–Crippen LogP) is 4.66. The van der Waals surface area contributed by atoms with E-state index in [1.54, 1.807) is 6.33 Å². The third-order valence-electron chi connectivity index (χ3n) is 4.55. The molecule has 0 saturated heterocycles. The lowest BCUT2D eigenvalue weighted by atomic mass is 9.86. The van der Waals surface area contributed by atoms with Crippen LogP contribution in [0.15, 0.2) is 67.4 Å². The zero-order valence-electron chi connectivity index (χ0n) is 14.3. The van der Waals surface area contributed by atoms with Crippen molar-refractivity contribution in [2.75, 3.05) is 0 Å². The van der Waals surface area contributed by atoms with Crippen LogP contribution in [0.25, 0.3) is 10.9 Å². The van der Waals surface area contributed by atoms with Gasteiger partial charge in [-0.25, -0.2) is 4.98 Å². The first-order valence-electron chi connectivity index (χ1n) is 8.52. The Labute approximate surface area is 147 Å². The van der Waals surface area contributed by atoms with Crippen LogP contribution >= 0.6 is 0 Å². The molecule has 0 spiro atoms. The summed E-state index contributed by atoms with van der Waals surface area (Å²) in [5, 5.41) is 1.16. The van der Waals surface area contributed by atoms with Gasteiger partial charge in [0.2, 0.25) is 0 Å². The van der Waals surface area contributed by atoms with Crippen molar-refractivity contribution in [3.05, 3.63) is 89.9 Å². The number of nitrogens with one attached hydrogen (secondary N) is 1. The topological polar surface area (TPSA) is 54.5 Å². The summed E-state index contributed by atoms with van der Waals surface area (Å²) in [5.41, 5.74) is 5.59. The van der Waals surface area contributed by atoms with Gasteiger partial charge >= 0.3 is 0 Å². The number of rotatable bonds is 4. The molecule has 124 valence electrons. The molecule has 4 nitrogen and oxygen atoms in total. The van der Waals surface area contributed by atoms with E-state index in [0.717, 1.165) is 22.3 Å². The van der Waals surface area contributed by atoms with Crippen molar-refractivity contribution < 1.29 is 0 Å². The molecule has 0 bridgehead atoms.